The lowest BCUT2D eigenvalue weighted by molar-refractivity contribution is 0.267. The van der Waals surface area contributed by atoms with Crippen LogP contribution in [0.15, 0.2) is 45.9 Å². The number of halogens is 2. The Kier molecular flexibility index (Phi) is 6.96. The van der Waals surface area contributed by atoms with E-state index in [-0.39, 0.29) is 0 Å². The van der Waals surface area contributed by atoms with E-state index in [1.54, 1.807) is 17.6 Å². The molecule has 0 saturated carbocycles. The lowest BCUT2D eigenvalue weighted by Crippen LogP contribution is -2.02. The number of nitriles is 1. The summed E-state index contributed by atoms with van der Waals surface area (Å²) in [5.41, 5.74) is 3.66. The van der Waals surface area contributed by atoms with Crippen molar-refractivity contribution in [2.24, 2.45) is 4.99 Å². The van der Waals surface area contributed by atoms with Gasteiger partial charge in [-0.1, -0.05) is 29.8 Å². The molecule has 0 fully saturated rings. The van der Waals surface area contributed by atoms with Crippen LogP contribution in [-0.4, -0.2) is 12.8 Å². The largest absolute Gasteiger partial charge is 0.490 e. The first-order chi connectivity index (χ1) is 15.1. The molecule has 0 unspecified atom stereocenters. The quantitative estimate of drug-likeness (QED) is 0.311. The molecular formula is C24H20BrClN2O2S. The fourth-order valence-corrected chi connectivity index (χ4v) is 5.51. The van der Waals surface area contributed by atoms with Gasteiger partial charge in [-0.15, -0.1) is 11.3 Å². The highest BCUT2D eigenvalue weighted by Gasteiger charge is 2.21. The molecule has 2 aromatic carbocycles. The number of nitrogens with zero attached hydrogens (tertiary/aromatic N) is 2. The number of ether oxygens (including phenoxy) is 2. The number of thiophene rings is 1. The maximum atomic E-state index is 9.57. The van der Waals surface area contributed by atoms with Gasteiger partial charge in [0, 0.05) is 21.7 Å². The lowest BCUT2D eigenvalue weighted by atomic mass is 10.1. The van der Waals surface area contributed by atoms with Crippen LogP contribution in [0.4, 0.5) is 5.00 Å². The Morgan fingerprint density at radius 1 is 1.26 bits per heavy atom. The molecule has 0 atom stereocenters. The smallest absolute Gasteiger partial charge is 0.175 e. The van der Waals surface area contributed by atoms with Crippen LogP contribution in [0, 0.1) is 11.3 Å². The van der Waals surface area contributed by atoms with Gasteiger partial charge >= 0.3 is 0 Å². The fourth-order valence-electron chi connectivity index (χ4n) is 3.56. The summed E-state index contributed by atoms with van der Waals surface area (Å²) in [6.07, 6.45) is 4.91. The van der Waals surface area contributed by atoms with Gasteiger partial charge in [-0.3, -0.25) is 0 Å². The predicted octanol–water partition coefficient (Wildman–Crippen LogP) is 7.25. The van der Waals surface area contributed by atoms with Crippen LogP contribution < -0.4 is 9.47 Å². The van der Waals surface area contributed by atoms with Crippen LogP contribution in [0.25, 0.3) is 0 Å². The Labute approximate surface area is 199 Å². The molecule has 0 bridgehead atoms. The van der Waals surface area contributed by atoms with Gasteiger partial charge in [0.25, 0.3) is 0 Å². The zero-order valence-corrected chi connectivity index (χ0v) is 20.1. The van der Waals surface area contributed by atoms with Gasteiger partial charge in [0.05, 0.1) is 16.6 Å². The number of benzene rings is 2. The monoisotopic (exact) mass is 514 g/mol. The Bertz CT molecular complexity index is 1180. The molecule has 7 heteroatoms. The Morgan fingerprint density at radius 2 is 2.10 bits per heavy atom. The number of fused-ring (bicyclic) bond motifs is 1. The van der Waals surface area contributed by atoms with Crippen molar-refractivity contribution in [3.8, 4) is 17.6 Å². The van der Waals surface area contributed by atoms with E-state index in [1.165, 1.54) is 10.4 Å². The van der Waals surface area contributed by atoms with E-state index in [9.17, 15) is 5.26 Å². The number of aryl methyl sites for hydroxylation is 1. The van der Waals surface area contributed by atoms with Crippen molar-refractivity contribution in [2.75, 3.05) is 6.61 Å². The van der Waals surface area contributed by atoms with Crippen molar-refractivity contribution in [2.45, 2.75) is 32.8 Å². The highest BCUT2D eigenvalue weighted by molar-refractivity contribution is 9.10. The first-order valence-corrected chi connectivity index (χ1v) is 12.0. The summed E-state index contributed by atoms with van der Waals surface area (Å²) in [6, 6.07) is 13.8. The molecule has 3 aromatic rings. The van der Waals surface area contributed by atoms with Crippen molar-refractivity contribution in [1.29, 1.82) is 5.26 Å². The predicted molar refractivity (Wildman–Crippen MR) is 129 cm³/mol. The van der Waals surface area contributed by atoms with E-state index >= 15 is 0 Å². The third-order valence-corrected chi connectivity index (χ3v) is 7.16. The molecule has 158 valence electrons. The molecule has 1 aromatic heterocycles. The van der Waals surface area contributed by atoms with Crippen LogP contribution in [0.1, 0.15) is 40.5 Å². The second kappa shape index (κ2) is 9.86. The second-order valence-electron chi connectivity index (χ2n) is 7.05. The Balaban J connectivity index is 1.59. The first-order valence-electron chi connectivity index (χ1n) is 10.0. The van der Waals surface area contributed by atoms with Crippen molar-refractivity contribution in [3.63, 3.8) is 0 Å². The standard InChI is InChI=1S/C24H20BrClN2O2S/c1-2-29-21-11-15(13-28-24-18(12-27)17-7-5-9-22(17)31-24)10-19(25)23(21)30-14-16-6-3-4-8-20(16)26/h3-4,6,8,10-11,13H,2,5,7,9,14H2,1H3. The molecule has 31 heavy (non-hydrogen) atoms. The van der Waals surface area contributed by atoms with Gasteiger partial charge in [-0.25, -0.2) is 4.99 Å². The van der Waals surface area contributed by atoms with Gasteiger partial charge in [0.1, 0.15) is 17.7 Å². The number of hydrogen-bond donors (Lipinski definition) is 0. The van der Waals surface area contributed by atoms with Crippen molar-refractivity contribution >= 4 is 50.1 Å². The van der Waals surface area contributed by atoms with Gasteiger partial charge in [-0.05, 0) is 71.4 Å². The van der Waals surface area contributed by atoms with E-state index in [1.807, 2.05) is 43.3 Å². The average Bonchev–Trinajstić information content (AvgIpc) is 3.33. The van der Waals surface area contributed by atoms with E-state index in [4.69, 9.17) is 21.1 Å². The average molecular weight is 516 g/mol. The lowest BCUT2D eigenvalue weighted by Gasteiger charge is -2.15. The van der Waals surface area contributed by atoms with E-state index < -0.39 is 0 Å². The van der Waals surface area contributed by atoms with Gasteiger partial charge < -0.3 is 9.47 Å². The van der Waals surface area contributed by atoms with Crippen molar-refractivity contribution in [1.82, 2.24) is 0 Å². The number of hydrogen-bond acceptors (Lipinski definition) is 5. The molecule has 0 amide bonds. The summed E-state index contributed by atoms with van der Waals surface area (Å²) in [5.74, 6) is 1.24. The highest BCUT2D eigenvalue weighted by atomic mass is 79.9. The molecule has 1 aliphatic carbocycles. The molecule has 0 saturated heterocycles. The summed E-state index contributed by atoms with van der Waals surface area (Å²) < 4.78 is 12.6. The SMILES string of the molecule is CCOc1cc(C=Nc2sc3c(c2C#N)CCC3)cc(Br)c1OCc1ccccc1Cl. The minimum absolute atomic E-state index is 0.331. The molecule has 0 aliphatic heterocycles. The number of rotatable bonds is 7. The Hall–Kier alpha value is -2.33. The first kappa shape index (κ1) is 21.9. The van der Waals surface area contributed by atoms with Crippen LogP contribution in [0.3, 0.4) is 0 Å². The van der Waals surface area contributed by atoms with Gasteiger partial charge in [0.15, 0.2) is 11.5 Å². The molecule has 0 spiro atoms. The molecule has 1 aliphatic rings. The molecule has 0 radical (unpaired) electrons. The third-order valence-electron chi connectivity index (χ3n) is 5.01. The molecule has 4 nitrogen and oxygen atoms in total. The molecule has 4 rings (SSSR count). The molecule has 0 N–H and O–H groups in total. The van der Waals surface area contributed by atoms with Gasteiger partial charge in [-0.2, -0.15) is 5.26 Å². The van der Waals surface area contributed by atoms with Crippen LogP contribution in [0.2, 0.25) is 5.02 Å². The highest BCUT2D eigenvalue weighted by Crippen LogP contribution is 2.41. The summed E-state index contributed by atoms with van der Waals surface area (Å²) in [4.78, 5) is 5.92. The van der Waals surface area contributed by atoms with E-state index in [0.29, 0.717) is 29.7 Å². The minimum Gasteiger partial charge on any atom is -0.490 e. The zero-order chi connectivity index (χ0) is 21.8. The summed E-state index contributed by atoms with van der Waals surface area (Å²) in [7, 11) is 0. The normalized spacial score (nSPS) is 12.7. The Morgan fingerprint density at radius 3 is 2.87 bits per heavy atom. The summed E-state index contributed by atoms with van der Waals surface area (Å²) in [6.45, 7) is 2.77. The summed E-state index contributed by atoms with van der Waals surface area (Å²) in [5, 5.41) is 11.0. The molecule has 1 heterocycles. The fraction of sp³-hybridized carbons (Fsp3) is 0.250. The third kappa shape index (κ3) is 4.79. The van der Waals surface area contributed by atoms with Crippen LogP contribution in [-0.2, 0) is 19.4 Å². The maximum absolute atomic E-state index is 9.57. The number of aliphatic imine (C=N–C) groups is 1. The van der Waals surface area contributed by atoms with E-state index in [0.717, 1.165) is 45.4 Å². The molecular weight excluding hydrogens is 496 g/mol. The second-order valence-corrected chi connectivity index (χ2v) is 9.40. The van der Waals surface area contributed by atoms with Gasteiger partial charge in [0.2, 0.25) is 0 Å². The van der Waals surface area contributed by atoms with Crippen molar-refractivity contribution < 1.29 is 9.47 Å². The van der Waals surface area contributed by atoms with Crippen LogP contribution in [0.5, 0.6) is 11.5 Å². The van der Waals surface area contributed by atoms with Crippen molar-refractivity contribution in [3.05, 3.63) is 73.0 Å². The van der Waals surface area contributed by atoms with Crippen LogP contribution >= 0.6 is 38.9 Å². The minimum atomic E-state index is 0.331. The van der Waals surface area contributed by atoms with E-state index in [2.05, 4.69) is 27.0 Å². The maximum Gasteiger partial charge on any atom is 0.175 e. The topological polar surface area (TPSA) is 54.6 Å². The zero-order valence-electron chi connectivity index (χ0n) is 17.0. The summed E-state index contributed by atoms with van der Waals surface area (Å²) >= 11 is 11.5.